The molecule has 7 heteroatoms. The summed E-state index contributed by atoms with van der Waals surface area (Å²) in [6.45, 7) is 4.16. The average molecular weight is 391 g/mol. The average Bonchev–Trinajstić information content (AvgIpc) is 2.99. The van der Waals surface area contributed by atoms with Crippen molar-refractivity contribution in [1.82, 2.24) is 10.2 Å². The topological polar surface area (TPSA) is 75.7 Å². The molecule has 0 radical (unpaired) electrons. The van der Waals surface area contributed by atoms with Crippen molar-refractivity contribution in [3.63, 3.8) is 0 Å². The lowest BCUT2D eigenvalue weighted by atomic mass is 9.89. The number of ether oxygens (including phenoxy) is 1. The predicted octanol–water partition coefficient (Wildman–Crippen LogP) is 3.31. The molecule has 3 amide bonds. The summed E-state index contributed by atoms with van der Waals surface area (Å²) < 4.78 is 5.58. The molecule has 1 aromatic rings. The van der Waals surface area contributed by atoms with Gasteiger partial charge in [0.2, 0.25) is 5.91 Å². The maximum atomic E-state index is 12.4. The van der Waals surface area contributed by atoms with Gasteiger partial charge in [-0.1, -0.05) is 50.6 Å². The highest BCUT2D eigenvalue weighted by atomic mass is 32.2. The van der Waals surface area contributed by atoms with E-state index in [0.29, 0.717) is 11.7 Å². The number of rotatable bonds is 6. The van der Waals surface area contributed by atoms with Gasteiger partial charge in [-0.2, -0.15) is 0 Å². The largest absolute Gasteiger partial charge is 0.484 e. The van der Waals surface area contributed by atoms with Gasteiger partial charge in [0.15, 0.2) is 6.61 Å². The van der Waals surface area contributed by atoms with Crippen molar-refractivity contribution in [3.8, 4) is 5.75 Å². The summed E-state index contributed by atoms with van der Waals surface area (Å²) >= 11 is 1.04. The maximum Gasteiger partial charge on any atom is 0.289 e. The lowest BCUT2D eigenvalue weighted by Gasteiger charge is -2.36. The third-order valence-corrected chi connectivity index (χ3v) is 5.94. The molecule has 1 aliphatic heterocycles. The molecular formula is C20H26N2O4S. The molecule has 0 bridgehead atoms. The standard InChI is InChI=1S/C20H26N2O4S/c1-13(2)14-7-9-15(10-8-14)26-11-18(23)21-16-5-3-4-6-17(16)22-19(24)12-27-20(22)25/h7-10,13,16-17H,3-6,11-12H2,1-2H3,(H,21,23). The molecule has 1 N–H and O–H groups in total. The Bertz CT molecular complexity index is 688. The molecule has 1 heterocycles. The van der Waals surface area contributed by atoms with Crippen LogP contribution in [0.4, 0.5) is 4.79 Å². The fourth-order valence-corrected chi connectivity index (χ4v) is 4.38. The van der Waals surface area contributed by atoms with Gasteiger partial charge in [-0.3, -0.25) is 19.3 Å². The van der Waals surface area contributed by atoms with E-state index in [1.807, 2.05) is 24.3 Å². The van der Waals surface area contributed by atoms with E-state index < -0.39 is 0 Å². The van der Waals surface area contributed by atoms with Gasteiger partial charge < -0.3 is 10.1 Å². The van der Waals surface area contributed by atoms with Crippen LogP contribution >= 0.6 is 11.8 Å². The third-order valence-electron chi connectivity index (χ3n) is 5.11. The Morgan fingerprint density at radius 1 is 1.22 bits per heavy atom. The Hall–Kier alpha value is -2.02. The van der Waals surface area contributed by atoms with E-state index in [-0.39, 0.29) is 41.5 Å². The monoisotopic (exact) mass is 390 g/mol. The summed E-state index contributed by atoms with van der Waals surface area (Å²) in [4.78, 5) is 37.8. The summed E-state index contributed by atoms with van der Waals surface area (Å²) in [7, 11) is 0. The number of carbonyl (C=O) groups excluding carboxylic acids is 3. The molecule has 0 spiro atoms. The minimum Gasteiger partial charge on any atom is -0.484 e. The second-order valence-electron chi connectivity index (χ2n) is 7.36. The summed E-state index contributed by atoms with van der Waals surface area (Å²) in [6.07, 6.45) is 3.43. The van der Waals surface area contributed by atoms with E-state index in [0.717, 1.165) is 37.4 Å². The molecule has 1 saturated carbocycles. The number of hydrogen-bond donors (Lipinski definition) is 1. The van der Waals surface area contributed by atoms with Crippen molar-refractivity contribution in [2.24, 2.45) is 0 Å². The Labute approximate surface area is 164 Å². The molecule has 27 heavy (non-hydrogen) atoms. The van der Waals surface area contributed by atoms with E-state index in [2.05, 4.69) is 19.2 Å². The van der Waals surface area contributed by atoms with Gasteiger partial charge in [0.05, 0.1) is 11.8 Å². The number of nitrogens with one attached hydrogen (secondary N) is 1. The second-order valence-corrected chi connectivity index (χ2v) is 8.28. The van der Waals surface area contributed by atoms with Gasteiger partial charge in [0.25, 0.3) is 11.1 Å². The fraction of sp³-hybridized carbons (Fsp3) is 0.550. The molecule has 2 unspecified atom stereocenters. The first kappa shape index (κ1) is 19.7. The van der Waals surface area contributed by atoms with E-state index in [1.165, 1.54) is 10.5 Å². The lowest BCUT2D eigenvalue weighted by molar-refractivity contribution is -0.129. The minimum absolute atomic E-state index is 0.0825. The highest BCUT2D eigenvalue weighted by Crippen LogP contribution is 2.30. The Morgan fingerprint density at radius 3 is 2.56 bits per heavy atom. The van der Waals surface area contributed by atoms with Crippen LogP contribution in [0.5, 0.6) is 5.75 Å². The Kier molecular flexibility index (Phi) is 6.42. The van der Waals surface area contributed by atoms with Crippen LogP contribution in [-0.4, -0.2) is 46.4 Å². The minimum atomic E-state index is -0.247. The second kappa shape index (κ2) is 8.78. The van der Waals surface area contributed by atoms with Crippen LogP contribution in [0.15, 0.2) is 24.3 Å². The maximum absolute atomic E-state index is 12.4. The first-order valence-electron chi connectivity index (χ1n) is 9.46. The third kappa shape index (κ3) is 4.83. The van der Waals surface area contributed by atoms with Gasteiger partial charge in [-0.05, 0) is 36.5 Å². The van der Waals surface area contributed by atoms with E-state index in [9.17, 15) is 14.4 Å². The van der Waals surface area contributed by atoms with Crippen LogP contribution < -0.4 is 10.1 Å². The summed E-state index contributed by atoms with van der Waals surface area (Å²) in [5.41, 5.74) is 1.22. The molecule has 1 saturated heterocycles. The van der Waals surface area contributed by atoms with E-state index in [4.69, 9.17) is 4.74 Å². The molecule has 6 nitrogen and oxygen atoms in total. The number of carbonyl (C=O) groups is 3. The van der Waals surface area contributed by atoms with E-state index in [1.54, 1.807) is 0 Å². The summed E-state index contributed by atoms with van der Waals surface area (Å²) in [6, 6.07) is 7.28. The molecule has 2 fully saturated rings. The number of hydrogen-bond acceptors (Lipinski definition) is 5. The van der Waals surface area contributed by atoms with Gasteiger partial charge >= 0.3 is 0 Å². The zero-order valence-electron chi connectivity index (χ0n) is 15.8. The Balaban J connectivity index is 1.55. The zero-order chi connectivity index (χ0) is 19.4. The molecule has 0 aromatic heterocycles. The highest BCUT2D eigenvalue weighted by Gasteiger charge is 2.41. The van der Waals surface area contributed by atoms with Crippen LogP contribution in [0.3, 0.4) is 0 Å². The first-order valence-corrected chi connectivity index (χ1v) is 10.4. The van der Waals surface area contributed by atoms with Crippen molar-refractivity contribution in [1.29, 1.82) is 0 Å². The molecule has 146 valence electrons. The number of amides is 3. The van der Waals surface area contributed by atoms with Crippen LogP contribution in [-0.2, 0) is 9.59 Å². The van der Waals surface area contributed by atoms with Crippen LogP contribution in [0, 0.1) is 0 Å². The highest BCUT2D eigenvalue weighted by molar-refractivity contribution is 8.14. The predicted molar refractivity (Wildman–Crippen MR) is 105 cm³/mol. The molecule has 2 atom stereocenters. The smallest absolute Gasteiger partial charge is 0.289 e. The SMILES string of the molecule is CC(C)c1ccc(OCC(=O)NC2CCCCC2N2C(=O)CSC2=O)cc1. The number of benzene rings is 1. The van der Waals surface area contributed by atoms with Gasteiger partial charge in [0.1, 0.15) is 5.75 Å². The number of imide groups is 1. The Morgan fingerprint density at radius 2 is 1.93 bits per heavy atom. The molecular weight excluding hydrogens is 364 g/mol. The van der Waals surface area contributed by atoms with Crippen molar-refractivity contribution in [3.05, 3.63) is 29.8 Å². The van der Waals surface area contributed by atoms with E-state index >= 15 is 0 Å². The van der Waals surface area contributed by atoms with Crippen LogP contribution in [0.2, 0.25) is 0 Å². The zero-order valence-corrected chi connectivity index (χ0v) is 16.6. The quantitative estimate of drug-likeness (QED) is 0.806. The molecule has 3 rings (SSSR count). The first-order chi connectivity index (χ1) is 13.0. The molecule has 1 aromatic carbocycles. The van der Waals surface area contributed by atoms with Crippen LogP contribution in [0.1, 0.15) is 51.0 Å². The normalized spacial score (nSPS) is 23.0. The number of thioether (sulfide) groups is 1. The van der Waals surface area contributed by atoms with Crippen LogP contribution in [0.25, 0.3) is 0 Å². The summed E-state index contributed by atoms with van der Waals surface area (Å²) in [5, 5.41) is 2.77. The lowest BCUT2D eigenvalue weighted by Crippen LogP contribution is -2.55. The van der Waals surface area contributed by atoms with Crippen molar-refractivity contribution < 1.29 is 19.1 Å². The fourth-order valence-electron chi connectivity index (χ4n) is 3.62. The van der Waals surface area contributed by atoms with Crippen molar-refractivity contribution in [2.45, 2.75) is 57.5 Å². The van der Waals surface area contributed by atoms with Gasteiger partial charge in [0, 0.05) is 6.04 Å². The molecule has 2 aliphatic rings. The van der Waals surface area contributed by atoms with Gasteiger partial charge in [-0.15, -0.1) is 0 Å². The van der Waals surface area contributed by atoms with Crippen molar-refractivity contribution in [2.75, 3.05) is 12.4 Å². The van der Waals surface area contributed by atoms with Crippen molar-refractivity contribution >= 4 is 28.8 Å². The number of nitrogens with zero attached hydrogens (tertiary/aromatic N) is 1. The van der Waals surface area contributed by atoms with Gasteiger partial charge in [-0.25, -0.2) is 0 Å². The summed E-state index contributed by atoms with van der Waals surface area (Å²) in [5.74, 6) is 0.908. The molecule has 1 aliphatic carbocycles.